The fourth-order valence-electron chi connectivity index (χ4n) is 2.76. The molecule has 1 rings (SSSR count). The molecule has 1 aliphatic rings. The number of nitrogens with one attached hydrogen (secondary N) is 1. The molecule has 96 valence electrons. The van der Waals surface area contributed by atoms with Gasteiger partial charge in [0.05, 0.1) is 0 Å². The van der Waals surface area contributed by atoms with E-state index < -0.39 is 11.5 Å². The lowest BCUT2D eigenvalue weighted by Gasteiger charge is -2.41. The van der Waals surface area contributed by atoms with E-state index in [1.165, 1.54) is 0 Å². The van der Waals surface area contributed by atoms with Crippen molar-refractivity contribution in [2.24, 2.45) is 11.0 Å². The average molecular weight is 240 g/mol. The Balaban J connectivity index is 2.71. The van der Waals surface area contributed by atoms with E-state index in [9.17, 15) is 9.90 Å². The van der Waals surface area contributed by atoms with Crippen LogP contribution in [0.15, 0.2) is 5.11 Å². The van der Waals surface area contributed by atoms with E-state index in [4.69, 9.17) is 5.53 Å². The number of carboxylic acid groups (broad SMARTS) is 1. The average Bonchev–Trinajstić information content (AvgIpc) is 2.34. The number of hydrogen-bond donors (Lipinski definition) is 2. The molecule has 2 N–H and O–H groups in total. The van der Waals surface area contributed by atoms with E-state index in [1.807, 2.05) is 6.92 Å². The minimum Gasteiger partial charge on any atom is -0.480 e. The molecule has 0 aromatic heterocycles. The normalized spacial score (nSPS) is 28.4. The molecule has 0 aromatic rings. The predicted molar refractivity (Wildman–Crippen MR) is 64.6 cm³/mol. The second kappa shape index (κ2) is 6.47. The number of aliphatic carboxylic acids is 1. The fourth-order valence-corrected chi connectivity index (χ4v) is 2.76. The first-order valence-corrected chi connectivity index (χ1v) is 6.16. The maximum atomic E-state index is 11.5. The monoisotopic (exact) mass is 240 g/mol. The zero-order valence-corrected chi connectivity index (χ0v) is 10.2. The van der Waals surface area contributed by atoms with Crippen molar-refractivity contribution in [3.63, 3.8) is 0 Å². The molecular formula is C11H20N4O2. The summed E-state index contributed by atoms with van der Waals surface area (Å²) in [5.74, 6) is -0.607. The first-order valence-electron chi connectivity index (χ1n) is 6.16. The van der Waals surface area contributed by atoms with Gasteiger partial charge in [-0.3, -0.25) is 4.79 Å². The molecule has 0 aromatic carbocycles. The van der Waals surface area contributed by atoms with Crippen molar-refractivity contribution in [1.82, 2.24) is 5.32 Å². The molecule has 0 bridgehead atoms. The lowest BCUT2D eigenvalue weighted by Crippen LogP contribution is -2.59. The third-order valence-corrected chi connectivity index (χ3v) is 3.66. The Hall–Kier alpha value is -1.26. The molecule has 0 aliphatic heterocycles. The Bertz CT molecular complexity index is 315. The lowest BCUT2D eigenvalue weighted by molar-refractivity contribution is -0.149. The topological polar surface area (TPSA) is 98.1 Å². The predicted octanol–water partition coefficient (Wildman–Crippen LogP) is 2.31. The van der Waals surface area contributed by atoms with Crippen LogP contribution in [0.1, 0.15) is 39.0 Å². The summed E-state index contributed by atoms with van der Waals surface area (Å²) in [5.41, 5.74) is 7.37. The van der Waals surface area contributed by atoms with Crippen LogP contribution in [0.3, 0.4) is 0 Å². The highest BCUT2D eigenvalue weighted by molar-refractivity contribution is 5.79. The van der Waals surface area contributed by atoms with Gasteiger partial charge in [-0.05, 0) is 24.3 Å². The highest BCUT2D eigenvalue weighted by Gasteiger charge is 2.45. The highest BCUT2D eigenvalue weighted by atomic mass is 16.4. The summed E-state index contributed by atoms with van der Waals surface area (Å²) in [5, 5.41) is 16.0. The second-order valence-electron chi connectivity index (χ2n) is 4.51. The maximum absolute atomic E-state index is 11.5. The molecule has 0 heterocycles. The van der Waals surface area contributed by atoms with Crippen LogP contribution in [-0.2, 0) is 4.79 Å². The van der Waals surface area contributed by atoms with Crippen molar-refractivity contribution in [1.29, 1.82) is 0 Å². The van der Waals surface area contributed by atoms with Crippen molar-refractivity contribution in [3.8, 4) is 0 Å². The molecule has 6 heteroatoms. The van der Waals surface area contributed by atoms with Crippen LogP contribution in [0.5, 0.6) is 0 Å². The van der Waals surface area contributed by atoms with Crippen molar-refractivity contribution >= 4 is 5.97 Å². The van der Waals surface area contributed by atoms with Gasteiger partial charge in [-0.1, -0.05) is 31.3 Å². The summed E-state index contributed by atoms with van der Waals surface area (Å²) in [4.78, 5) is 14.2. The largest absolute Gasteiger partial charge is 0.480 e. The summed E-state index contributed by atoms with van der Waals surface area (Å²) < 4.78 is 0. The fraction of sp³-hybridized carbons (Fsp3) is 0.909. The molecule has 17 heavy (non-hydrogen) atoms. The number of rotatable bonds is 6. The minimum atomic E-state index is -0.821. The second-order valence-corrected chi connectivity index (χ2v) is 4.51. The van der Waals surface area contributed by atoms with E-state index in [0.717, 1.165) is 25.7 Å². The molecule has 0 amide bonds. The van der Waals surface area contributed by atoms with E-state index in [0.29, 0.717) is 19.5 Å². The van der Waals surface area contributed by atoms with Crippen LogP contribution in [-0.4, -0.2) is 29.7 Å². The van der Waals surface area contributed by atoms with Gasteiger partial charge in [0.2, 0.25) is 0 Å². The smallest absolute Gasteiger partial charge is 0.324 e. The lowest BCUT2D eigenvalue weighted by atomic mass is 9.71. The zero-order valence-electron chi connectivity index (χ0n) is 10.2. The standard InChI is InChI=1S/C11H20N4O2/c1-2-9-5-3-4-6-11(9,10(16)17)13-7-8-14-15-12/h9,13H,2-8H2,1H3,(H,16,17). The van der Waals surface area contributed by atoms with Crippen LogP contribution in [0.2, 0.25) is 0 Å². The third kappa shape index (κ3) is 3.11. The van der Waals surface area contributed by atoms with E-state index >= 15 is 0 Å². The molecule has 2 atom stereocenters. The molecule has 1 fully saturated rings. The highest BCUT2D eigenvalue weighted by Crippen LogP contribution is 2.36. The Morgan fingerprint density at radius 2 is 2.41 bits per heavy atom. The molecular weight excluding hydrogens is 220 g/mol. The Kier molecular flexibility index (Phi) is 5.25. The van der Waals surface area contributed by atoms with Crippen LogP contribution < -0.4 is 5.32 Å². The third-order valence-electron chi connectivity index (χ3n) is 3.66. The first-order chi connectivity index (χ1) is 8.17. The summed E-state index contributed by atoms with van der Waals surface area (Å²) in [7, 11) is 0. The number of azide groups is 1. The van der Waals surface area contributed by atoms with Gasteiger partial charge in [0.25, 0.3) is 0 Å². The Morgan fingerprint density at radius 1 is 1.65 bits per heavy atom. The summed E-state index contributed by atoms with van der Waals surface area (Å²) in [6, 6.07) is 0. The zero-order chi connectivity index (χ0) is 12.7. The van der Waals surface area contributed by atoms with Crippen molar-refractivity contribution < 1.29 is 9.90 Å². The minimum absolute atomic E-state index is 0.166. The van der Waals surface area contributed by atoms with Crippen molar-refractivity contribution in [2.45, 2.75) is 44.6 Å². The molecule has 6 nitrogen and oxygen atoms in total. The van der Waals surface area contributed by atoms with Gasteiger partial charge in [-0.2, -0.15) is 0 Å². The SMILES string of the molecule is CCC1CCCCC1(NCCN=[N+]=[N-])C(=O)O. The van der Waals surface area contributed by atoms with E-state index in [2.05, 4.69) is 15.3 Å². The van der Waals surface area contributed by atoms with Crippen molar-refractivity contribution in [3.05, 3.63) is 10.4 Å². The van der Waals surface area contributed by atoms with Crippen LogP contribution in [0.25, 0.3) is 10.4 Å². The quantitative estimate of drug-likeness (QED) is 0.322. The van der Waals surface area contributed by atoms with Crippen molar-refractivity contribution in [2.75, 3.05) is 13.1 Å². The molecule has 0 saturated heterocycles. The summed E-state index contributed by atoms with van der Waals surface area (Å²) in [6.45, 7) is 2.75. The number of carbonyl (C=O) groups is 1. The Labute approximate surface area is 101 Å². The van der Waals surface area contributed by atoms with Crippen LogP contribution in [0.4, 0.5) is 0 Å². The number of carboxylic acids is 1. The van der Waals surface area contributed by atoms with E-state index in [-0.39, 0.29) is 5.92 Å². The summed E-state index contributed by atoms with van der Waals surface area (Å²) >= 11 is 0. The van der Waals surface area contributed by atoms with Gasteiger partial charge in [-0.15, -0.1) is 0 Å². The molecule has 2 unspecified atom stereocenters. The molecule has 0 radical (unpaired) electrons. The van der Waals surface area contributed by atoms with Crippen LogP contribution in [0, 0.1) is 5.92 Å². The van der Waals surface area contributed by atoms with Gasteiger partial charge < -0.3 is 10.4 Å². The maximum Gasteiger partial charge on any atom is 0.324 e. The number of hydrogen-bond acceptors (Lipinski definition) is 3. The summed E-state index contributed by atoms with van der Waals surface area (Å²) in [6.07, 6.45) is 4.53. The van der Waals surface area contributed by atoms with Gasteiger partial charge in [0.15, 0.2) is 0 Å². The number of nitrogens with zero attached hydrogens (tertiary/aromatic N) is 3. The van der Waals surface area contributed by atoms with Gasteiger partial charge in [0.1, 0.15) is 5.54 Å². The van der Waals surface area contributed by atoms with Gasteiger partial charge >= 0.3 is 5.97 Å². The van der Waals surface area contributed by atoms with E-state index in [1.54, 1.807) is 0 Å². The van der Waals surface area contributed by atoms with Gasteiger partial charge in [0, 0.05) is 18.0 Å². The molecule has 1 saturated carbocycles. The Morgan fingerprint density at radius 3 is 3.00 bits per heavy atom. The molecule has 0 spiro atoms. The molecule has 1 aliphatic carbocycles. The first kappa shape index (κ1) is 13.8. The van der Waals surface area contributed by atoms with Crippen LogP contribution >= 0.6 is 0 Å². The van der Waals surface area contributed by atoms with Gasteiger partial charge in [-0.25, -0.2) is 0 Å².